The van der Waals surface area contributed by atoms with Crippen molar-refractivity contribution >= 4 is 37.3 Å². The second-order valence-corrected chi connectivity index (χ2v) is 9.30. The van der Waals surface area contributed by atoms with Gasteiger partial charge in [0, 0.05) is 6.54 Å². The number of aromatic nitrogens is 4. The molecule has 2 atom stereocenters. The lowest BCUT2D eigenvalue weighted by Gasteiger charge is -2.23. The van der Waals surface area contributed by atoms with Crippen LogP contribution in [0.15, 0.2) is 41.5 Å². The van der Waals surface area contributed by atoms with Gasteiger partial charge >= 0.3 is 11.9 Å². The van der Waals surface area contributed by atoms with Crippen molar-refractivity contribution in [2.24, 2.45) is 0 Å². The molecule has 0 radical (unpaired) electrons. The summed E-state index contributed by atoms with van der Waals surface area (Å²) >= 11 is 0. The molecule has 0 aliphatic carbocycles. The summed E-state index contributed by atoms with van der Waals surface area (Å²) in [7, 11) is -1.29. The number of carbonyl (C=O) groups is 2. The minimum atomic E-state index is -1.29. The smallest absolute Gasteiger partial charge is 0.323 e. The molecule has 5 N–H and O–H groups in total. The molecule has 1 aromatic carbocycles. The maximum absolute atomic E-state index is 12.5. The Balaban J connectivity index is 0.00000263. The molecule has 236 valence electrons. The number of benzene rings is 1. The lowest BCUT2D eigenvalue weighted by atomic mass is 10.2. The predicted octanol–water partition coefficient (Wildman–Crippen LogP) is 3.94. The molecule has 42 heavy (non-hydrogen) atoms. The Kier molecular flexibility index (Phi) is 21.3. The lowest BCUT2D eigenvalue weighted by molar-refractivity contribution is -0.146. The van der Waals surface area contributed by atoms with Crippen LogP contribution in [0.2, 0.25) is 0 Å². The fourth-order valence-corrected chi connectivity index (χ4v) is 4.56. The standard InChI is InChI=1S/C22H30N7O6P.3C2H6/c1-3-34-17(30)11-25-36(28-15(2)21(32)35-12-16-7-5-4-6-8-16)14-33-10-9-29-13-24-18-19(29)26-22(23)27-20(18)31;3*1-2/h4-8,13,15,25,28H,3,9-12,14H2,1-2H3,(H3,23,26,27,31);3*1-2H3/t15-,36?;;;/m0.../s1. The molecule has 0 aliphatic heterocycles. The number of imidazole rings is 1. The van der Waals surface area contributed by atoms with Gasteiger partial charge in [0.25, 0.3) is 5.56 Å². The molecule has 0 fully saturated rings. The maximum atomic E-state index is 12.5. The minimum Gasteiger partial charge on any atom is -0.465 e. The Bertz CT molecular complexity index is 1210. The molecule has 13 nitrogen and oxygen atoms in total. The van der Waals surface area contributed by atoms with Gasteiger partial charge < -0.3 is 24.5 Å². The van der Waals surface area contributed by atoms with Crippen molar-refractivity contribution < 1.29 is 23.8 Å². The number of rotatable bonds is 14. The highest BCUT2D eigenvalue weighted by atomic mass is 31.1. The number of nitrogens with one attached hydrogen (secondary N) is 3. The van der Waals surface area contributed by atoms with Gasteiger partial charge in [-0.15, -0.1) is 0 Å². The van der Waals surface area contributed by atoms with Crippen molar-refractivity contribution in [2.75, 3.05) is 31.8 Å². The van der Waals surface area contributed by atoms with E-state index in [2.05, 4.69) is 25.1 Å². The summed E-state index contributed by atoms with van der Waals surface area (Å²) in [6.07, 6.45) is 1.68. The molecule has 0 saturated heterocycles. The first-order chi connectivity index (χ1) is 20.4. The summed E-state index contributed by atoms with van der Waals surface area (Å²) in [5.74, 6) is -0.841. The zero-order valence-electron chi connectivity index (χ0n) is 26.1. The number of H-pyrrole nitrogens is 1. The average Bonchev–Trinajstić information content (AvgIpc) is 3.43. The van der Waals surface area contributed by atoms with E-state index in [0.717, 1.165) is 5.56 Å². The number of nitrogens with two attached hydrogens (primary N) is 1. The van der Waals surface area contributed by atoms with Crippen LogP contribution < -0.4 is 21.5 Å². The van der Waals surface area contributed by atoms with Crippen LogP contribution in [0.3, 0.4) is 0 Å². The molecule has 2 heterocycles. The van der Waals surface area contributed by atoms with E-state index in [-0.39, 0.29) is 44.2 Å². The van der Waals surface area contributed by atoms with Crippen molar-refractivity contribution in [3.8, 4) is 0 Å². The van der Waals surface area contributed by atoms with Crippen molar-refractivity contribution in [2.45, 2.75) is 74.6 Å². The summed E-state index contributed by atoms with van der Waals surface area (Å²) in [4.78, 5) is 46.8. The Morgan fingerprint density at radius 1 is 1.10 bits per heavy atom. The third kappa shape index (κ3) is 14.0. The Morgan fingerprint density at radius 2 is 1.76 bits per heavy atom. The first kappa shape index (κ1) is 38.6. The highest BCUT2D eigenvalue weighted by molar-refractivity contribution is 7.53. The van der Waals surface area contributed by atoms with Gasteiger partial charge in [-0.2, -0.15) is 4.98 Å². The minimum absolute atomic E-state index is 0.000748. The van der Waals surface area contributed by atoms with Crippen molar-refractivity contribution in [1.29, 1.82) is 0 Å². The van der Waals surface area contributed by atoms with Crippen LogP contribution in [-0.4, -0.2) is 63.6 Å². The van der Waals surface area contributed by atoms with E-state index >= 15 is 0 Å². The molecule has 2 aromatic heterocycles. The summed E-state index contributed by atoms with van der Waals surface area (Å²) in [5.41, 5.74) is 6.64. The molecule has 14 heteroatoms. The molecule has 0 amide bonds. The zero-order valence-corrected chi connectivity index (χ0v) is 27.0. The molecule has 0 bridgehead atoms. The van der Waals surface area contributed by atoms with Crippen molar-refractivity contribution in [1.82, 2.24) is 29.7 Å². The fraction of sp³-hybridized carbons (Fsp3) is 0.536. The largest absolute Gasteiger partial charge is 0.465 e. The topological polar surface area (TPSA) is 175 Å². The normalized spacial score (nSPS) is 11.4. The van der Waals surface area contributed by atoms with Crippen LogP contribution in [0.25, 0.3) is 11.2 Å². The lowest BCUT2D eigenvalue weighted by Crippen LogP contribution is -2.37. The zero-order chi connectivity index (χ0) is 31.9. The molecular formula is C28H48N7O6P. The molecule has 0 saturated carbocycles. The fourth-order valence-electron chi connectivity index (χ4n) is 3.09. The van der Waals surface area contributed by atoms with E-state index in [4.69, 9.17) is 19.9 Å². The Labute approximate surface area is 249 Å². The first-order valence-corrected chi connectivity index (χ1v) is 15.8. The van der Waals surface area contributed by atoms with Crippen LogP contribution in [0.4, 0.5) is 5.95 Å². The van der Waals surface area contributed by atoms with Gasteiger partial charge in [-0.25, -0.2) is 4.98 Å². The van der Waals surface area contributed by atoms with Crippen LogP contribution in [-0.2, 0) is 37.0 Å². The number of ether oxygens (including phenoxy) is 3. The first-order valence-electron chi connectivity index (χ1n) is 14.3. The maximum Gasteiger partial charge on any atom is 0.323 e. The SMILES string of the molecule is CC.CC.CC.CCOC(=O)CNP(COCCn1cnc2c(=O)[nH]c(N)nc21)N[C@@H](C)C(=O)OCc1ccccc1. The highest BCUT2D eigenvalue weighted by Gasteiger charge is 2.20. The number of carbonyl (C=O) groups excluding carboxylic acids is 2. The Hall–Kier alpha value is -3.38. The number of anilines is 1. The Morgan fingerprint density at radius 3 is 2.40 bits per heavy atom. The van der Waals surface area contributed by atoms with E-state index in [9.17, 15) is 14.4 Å². The van der Waals surface area contributed by atoms with Gasteiger partial charge in [0.1, 0.15) is 12.6 Å². The second kappa shape index (κ2) is 23.2. The van der Waals surface area contributed by atoms with Crippen LogP contribution in [0.5, 0.6) is 0 Å². The molecule has 3 rings (SSSR count). The number of fused-ring (bicyclic) bond motifs is 1. The van der Waals surface area contributed by atoms with Crippen molar-refractivity contribution in [3.05, 3.63) is 52.6 Å². The van der Waals surface area contributed by atoms with E-state index in [1.807, 2.05) is 71.9 Å². The summed E-state index contributed by atoms with van der Waals surface area (Å²) < 4.78 is 17.8. The molecule has 3 aromatic rings. The number of esters is 2. The van der Waals surface area contributed by atoms with E-state index in [1.54, 1.807) is 18.4 Å². The number of aromatic amines is 1. The number of hydrogen-bond acceptors (Lipinski definition) is 11. The summed E-state index contributed by atoms with van der Waals surface area (Å²) in [6.45, 7) is 16.4. The summed E-state index contributed by atoms with van der Waals surface area (Å²) in [5, 5.41) is 6.20. The van der Waals surface area contributed by atoms with Gasteiger partial charge in [-0.05, 0) is 19.4 Å². The van der Waals surface area contributed by atoms with E-state index < -0.39 is 31.8 Å². The quantitative estimate of drug-likeness (QED) is 0.118. The molecule has 0 spiro atoms. The second-order valence-electron chi connectivity index (χ2n) is 7.61. The molecular weight excluding hydrogens is 561 g/mol. The van der Waals surface area contributed by atoms with E-state index in [1.165, 1.54) is 6.33 Å². The van der Waals surface area contributed by atoms with Crippen LogP contribution >= 0.6 is 8.22 Å². The molecule has 0 aliphatic rings. The third-order valence-corrected chi connectivity index (χ3v) is 6.52. The van der Waals surface area contributed by atoms with Gasteiger partial charge in [0.05, 0.1) is 40.7 Å². The number of hydrogen-bond donors (Lipinski definition) is 4. The summed E-state index contributed by atoms with van der Waals surface area (Å²) in [6, 6.07) is 8.73. The van der Waals surface area contributed by atoms with Gasteiger partial charge in [-0.1, -0.05) is 71.9 Å². The van der Waals surface area contributed by atoms with Gasteiger partial charge in [0.2, 0.25) is 5.95 Å². The average molecular weight is 610 g/mol. The van der Waals surface area contributed by atoms with Gasteiger partial charge in [0.15, 0.2) is 11.2 Å². The van der Waals surface area contributed by atoms with Crippen LogP contribution in [0.1, 0.15) is 61.0 Å². The number of nitrogens with zero attached hydrogens (tertiary/aromatic N) is 3. The monoisotopic (exact) mass is 609 g/mol. The molecule has 1 unspecified atom stereocenters. The van der Waals surface area contributed by atoms with Crippen LogP contribution in [0, 0.1) is 0 Å². The number of nitrogen functional groups attached to an aromatic ring is 1. The van der Waals surface area contributed by atoms with Crippen molar-refractivity contribution in [3.63, 3.8) is 0 Å². The third-order valence-electron chi connectivity index (χ3n) is 4.84. The predicted molar refractivity (Wildman–Crippen MR) is 168 cm³/mol. The van der Waals surface area contributed by atoms with Gasteiger partial charge in [-0.3, -0.25) is 29.5 Å². The highest BCUT2D eigenvalue weighted by Crippen LogP contribution is 2.26. The van der Waals surface area contributed by atoms with E-state index in [0.29, 0.717) is 12.2 Å².